The molecule has 1 amide bonds. The smallest absolute Gasteiger partial charge is 0.358 e. The Morgan fingerprint density at radius 1 is 0.881 bits per heavy atom. The number of hydrogen-bond acceptors (Lipinski definition) is 7. The van der Waals surface area contributed by atoms with E-state index >= 15 is 0 Å². The van der Waals surface area contributed by atoms with Crippen molar-refractivity contribution in [1.29, 1.82) is 0 Å². The highest BCUT2D eigenvalue weighted by atomic mass is 16.6. The Morgan fingerprint density at radius 3 is 1.81 bits per heavy atom. The number of amides is 1. The van der Waals surface area contributed by atoms with Gasteiger partial charge in [-0.05, 0) is 29.5 Å². The van der Waals surface area contributed by atoms with Crippen LogP contribution in [0.3, 0.4) is 0 Å². The molecular weight excluding hydrogens is 534 g/mol. The highest BCUT2D eigenvalue weighted by molar-refractivity contribution is 5.99. The number of carbonyl (C=O) groups excluding carboxylic acids is 3. The Morgan fingerprint density at radius 2 is 1.38 bits per heavy atom. The summed E-state index contributed by atoms with van der Waals surface area (Å²) in [5, 5.41) is 0. The van der Waals surface area contributed by atoms with Gasteiger partial charge in [-0.3, -0.25) is 14.5 Å². The summed E-state index contributed by atoms with van der Waals surface area (Å²) in [6.45, 7) is 6.73. The highest BCUT2D eigenvalue weighted by Crippen LogP contribution is 2.45. The third-order valence-electron chi connectivity index (χ3n) is 7.59. The molecule has 0 saturated carbocycles. The summed E-state index contributed by atoms with van der Waals surface area (Å²) in [5.74, 6) is -2.32. The van der Waals surface area contributed by atoms with Gasteiger partial charge in [0.15, 0.2) is 11.5 Å². The Labute approximate surface area is 245 Å². The minimum absolute atomic E-state index is 0.0453. The van der Waals surface area contributed by atoms with Crippen molar-refractivity contribution in [3.8, 4) is 0 Å². The average Bonchev–Trinajstić information content (AvgIpc) is 2.99. The van der Waals surface area contributed by atoms with Crippen molar-refractivity contribution in [3.05, 3.63) is 119 Å². The molecule has 8 nitrogen and oxygen atoms in total. The fraction of sp³-hybridized carbons (Fsp3) is 0.324. The molecule has 1 saturated heterocycles. The number of rotatable bonds is 10. The van der Waals surface area contributed by atoms with Gasteiger partial charge in [0.2, 0.25) is 5.91 Å². The Kier molecular flexibility index (Phi) is 8.56. The van der Waals surface area contributed by atoms with E-state index in [0.29, 0.717) is 0 Å². The summed E-state index contributed by atoms with van der Waals surface area (Å²) in [6.07, 6.45) is -1.72. The number of benzene rings is 3. The van der Waals surface area contributed by atoms with E-state index in [9.17, 15) is 14.4 Å². The van der Waals surface area contributed by atoms with Crippen LogP contribution in [0.25, 0.3) is 0 Å². The normalized spacial score (nSPS) is 20.2. The molecule has 3 aromatic rings. The van der Waals surface area contributed by atoms with Crippen LogP contribution in [-0.2, 0) is 38.9 Å². The number of ether oxygens (including phenoxy) is 4. The van der Waals surface area contributed by atoms with Gasteiger partial charge in [0, 0.05) is 6.92 Å². The lowest BCUT2D eigenvalue weighted by atomic mass is 9.80. The van der Waals surface area contributed by atoms with E-state index in [1.54, 1.807) is 6.92 Å². The summed E-state index contributed by atoms with van der Waals surface area (Å²) in [6, 6.07) is 29.5. The van der Waals surface area contributed by atoms with Crippen LogP contribution in [-0.4, -0.2) is 48.3 Å². The van der Waals surface area contributed by atoms with Crippen molar-refractivity contribution in [2.45, 2.75) is 45.6 Å². The van der Waals surface area contributed by atoms with Gasteiger partial charge < -0.3 is 18.9 Å². The van der Waals surface area contributed by atoms with E-state index in [1.807, 2.05) is 105 Å². The number of hydrogen-bond donors (Lipinski definition) is 0. The lowest BCUT2D eigenvalue weighted by Crippen LogP contribution is -2.67. The summed E-state index contributed by atoms with van der Waals surface area (Å²) in [5.41, 5.74) is 1.43. The minimum atomic E-state index is -1.08. The Hall–Kier alpha value is -4.27. The zero-order valence-electron chi connectivity index (χ0n) is 24.2. The predicted molar refractivity (Wildman–Crippen MR) is 154 cm³/mol. The lowest BCUT2D eigenvalue weighted by Gasteiger charge is -2.52. The molecule has 5 rings (SSSR count). The van der Waals surface area contributed by atoms with Gasteiger partial charge in [-0.2, -0.15) is 0 Å². The predicted octanol–water partition coefficient (Wildman–Crippen LogP) is 5.17. The minimum Gasteiger partial charge on any atom is -0.461 e. The molecular formula is C34H35NO7. The number of esters is 2. The van der Waals surface area contributed by atoms with Crippen molar-refractivity contribution >= 4 is 17.8 Å². The zero-order chi connectivity index (χ0) is 29.9. The second-order valence-electron chi connectivity index (χ2n) is 10.6. The van der Waals surface area contributed by atoms with Gasteiger partial charge in [-0.15, -0.1) is 0 Å². The van der Waals surface area contributed by atoms with E-state index in [2.05, 4.69) is 0 Å². The molecule has 3 aromatic carbocycles. The summed E-state index contributed by atoms with van der Waals surface area (Å²) in [7, 11) is 0. The monoisotopic (exact) mass is 569 g/mol. The lowest BCUT2D eigenvalue weighted by molar-refractivity contribution is -0.224. The quantitative estimate of drug-likeness (QED) is 0.189. The first-order chi connectivity index (χ1) is 20.3. The molecule has 8 heteroatoms. The maximum atomic E-state index is 13.3. The number of carbonyl (C=O) groups is 3. The van der Waals surface area contributed by atoms with Crippen molar-refractivity contribution < 1.29 is 33.3 Å². The Balaban J connectivity index is 1.64. The van der Waals surface area contributed by atoms with E-state index in [0.717, 1.165) is 16.7 Å². The van der Waals surface area contributed by atoms with Crippen molar-refractivity contribution in [2.24, 2.45) is 11.8 Å². The van der Waals surface area contributed by atoms with E-state index < -0.39 is 35.8 Å². The van der Waals surface area contributed by atoms with Crippen LogP contribution < -0.4 is 0 Å². The molecule has 42 heavy (non-hydrogen) atoms. The summed E-state index contributed by atoms with van der Waals surface area (Å²) in [4.78, 5) is 40.0. The molecule has 0 radical (unpaired) electrons. The Bertz CT molecular complexity index is 1360. The maximum Gasteiger partial charge on any atom is 0.358 e. The zero-order valence-corrected chi connectivity index (χ0v) is 24.2. The van der Waals surface area contributed by atoms with Crippen molar-refractivity contribution in [3.63, 3.8) is 0 Å². The first-order valence-electron chi connectivity index (χ1n) is 14.2. The van der Waals surface area contributed by atoms with Gasteiger partial charge in [0.1, 0.15) is 17.9 Å². The molecule has 0 bridgehead atoms. The molecule has 2 heterocycles. The van der Waals surface area contributed by atoms with Crippen LogP contribution in [0.5, 0.6) is 0 Å². The highest BCUT2D eigenvalue weighted by Gasteiger charge is 2.58. The fourth-order valence-electron chi connectivity index (χ4n) is 5.74. The van der Waals surface area contributed by atoms with Crippen LogP contribution in [0, 0.1) is 11.8 Å². The van der Waals surface area contributed by atoms with Gasteiger partial charge in [-0.1, -0.05) is 105 Å². The molecule has 1 fully saturated rings. The van der Waals surface area contributed by atoms with Gasteiger partial charge in [0.05, 0.1) is 19.1 Å². The van der Waals surface area contributed by atoms with Crippen molar-refractivity contribution in [2.75, 3.05) is 13.2 Å². The molecule has 0 aliphatic carbocycles. The standard InChI is InChI=1S/C34H35NO7/c1-5-39-33(38)29-30(41-23(4)36)27(42-32-28(22(2)3)31(37)35(29)32)21-40-34(24-15-9-6-10-16-24,25-17-11-7-12-18-25)26-19-13-8-14-20-26/h6-20,22,27-28,32H,5,21H2,1-4H3/t27-,28-,32-/m1/s1. The van der Waals surface area contributed by atoms with Gasteiger partial charge in [0.25, 0.3) is 0 Å². The van der Waals surface area contributed by atoms with Crippen LogP contribution >= 0.6 is 0 Å². The first-order valence-corrected chi connectivity index (χ1v) is 14.2. The fourth-order valence-corrected chi connectivity index (χ4v) is 5.74. The van der Waals surface area contributed by atoms with E-state index in [-0.39, 0.29) is 36.5 Å². The van der Waals surface area contributed by atoms with Crippen LogP contribution in [0.15, 0.2) is 102 Å². The molecule has 0 unspecified atom stereocenters. The van der Waals surface area contributed by atoms with E-state index in [1.165, 1.54) is 11.8 Å². The first kappa shape index (κ1) is 29.2. The summed E-state index contributed by atoms with van der Waals surface area (Å²) >= 11 is 0. The SMILES string of the molecule is CCOC(=O)C1=C(OC(C)=O)[C@@H](COC(c2ccccc2)(c2ccccc2)c2ccccc2)O[C@@H]2[C@H](C(C)C)C(=O)N12. The van der Waals surface area contributed by atoms with E-state index in [4.69, 9.17) is 18.9 Å². The largest absolute Gasteiger partial charge is 0.461 e. The van der Waals surface area contributed by atoms with Crippen LogP contribution in [0.2, 0.25) is 0 Å². The molecule has 2 aliphatic heterocycles. The molecule has 0 N–H and O–H groups in total. The second-order valence-corrected chi connectivity index (χ2v) is 10.6. The third kappa shape index (κ3) is 5.24. The molecule has 2 aliphatic rings. The van der Waals surface area contributed by atoms with Crippen LogP contribution in [0.1, 0.15) is 44.4 Å². The molecule has 0 spiro atoms. The number of fused-ring (bicyclic) bond motifs is 1. The van der Waals surface area contributed by atoms with Crippen molar-refractivity contribution in [1.82, 2.24) is 4.90 Å². The third-order valence-corrected chi connectivity index (χ3v) is 7.59. The number of β-lactam (4-membered cyclic amide) rings is 1. The van der Waals surface area contributed by atoms with Gasteiger partial charge in [-0.25, -0.2) is 4.79 Å². The maximum absolute atomic E-state index is 13.3. The summed E-state index contributed by atoms with van der Waals surface area (Å²) < 4.78 is 24.3. The number of nitrogens with zero attached hydrogens (tertiary/aromatic N) is 1. The second kappa shape index (κ2) is 12.3. The topological polar surface area (TPSA) is 91.4 Å². The molecule has 0 aromatic heterocycles. The molecule has 3 atom stereocenters. The van der Waals surface area contributed by atoms with Crippen LogP contribution in [0.4, 0.5) is 0 Å². The average molecular weight is 570 g/mol. The van der Waals surface area contributed by atoms with Gasteiger partial charge >= 0.3 is 11.9 Å². The molecule has 218 valence electrons.